The van der Waals surface area contributed by atoms with Gasteiger partial charge < -0.3 is 15.2 Å². The molecule has 0 saturated carbocycles. The average molecular weight is 255 g/mol. The first-order valence-corrected chi connectivity index (χ1v) is 6.47. The molecule has 3 nitrogen and oxygen atoms in total. The van der Waals surface area contributed by atoms with E-state index in [-0.39, 0.29) is 12.2 Å². The van der Waals surface area contributed by atoms with Gasteiger partial charge in [0, 0.05) is 6.54 Å². The highest BCUT2D eigenvalue weighted by Crippen LogP contribution is 2.38. The number of hydrogen-bond acceptors (Lipinski definition) is 3. The fourth-order valence-electron chi connectivity index (χ4n) is 2.29. The molecule has 0 amide bonds. The standard InChI is InChI=1S/C16H17NO2/c1-11-6-8-12(9-7-11)16-15(10-17)18-13-4-2-3-5-14(13)19-16/h2-9,15-16H,10,17H2,1H3. The lowest BCUT2D eigenvalue weighted by atomic mass is 10.0. The van der Waals surface area contributed by atoms with E-state index in [4.69, 9.17) is 15.2 Å². The van der Waals surface area contributed by atoms with Crippen LogP contribution in [-0.4, -0.2) is 12.6 Å². The Morgan fingerprint density at radius 1 is 0.947 bits per heavy atom. The summed E-state index contributed by atoms with van der Waals surface area (Å²) < 4.78 is 12.0. The van der Waals surface area contributed by atoms with Crippen molar-refractivity contribution >= 4 is 0 Å². The summed E-state index contributed by atoms with van der Waals surface area (Å²) in [6.45, 7) is 2.49. The van der Waals surface area contributed by atoms with Gasteiger partial charge in [-0.3, -0.25) is 0 Å². The van der Waals surface area contributed by atoms with Gasteiger partial charge in [-0.05, 0) is 24.6 Å². The molecule has 3 heteroatoms. The monoisotopic (exact) mass is 255 g/mol. The Balaban J connectivity index is 1.95. The summed E-state index contributed by atoms with van der Waals surface area (Å²) in [5.74, 6) is 1.54. The molecule has 1 aliphatic rings. The van der Waals surface area contributed by atoms with E-state index >= 15 is 0 Å². The third-order valence-electron chi connectivity index (χ3n) is 3.36. The highest BCUT2D eigenvalue weighted by atomic mass is 16.6. The largest absolute Gasteiger partial charge is 0.481 e. The van der Waals surface area contributed by atoms with Crippen LogP contribution >= 0.6 is 0 Å². The second-order valence-electron chi connectivity index (χ2n) is 4.79. The molecule has 0 aromatic heterocycles. The van der Waals surface area contributed by atoms with Crippen LogP contribution in [0, 0.1) is 6.92 Å². The van der Waals surface area contributed by atoms with E-state index < -0.39 is 0 Å². The van der Waals surface area contributed by atoms with E-state index in [2.05, 4.69) is 31.2 Å². The normalized spacial score (nSPS) is 21.2. The predicted molar refractivity (Wildman–Crippen MR) is 74.5 cm³/mol. The minimum atomic E-state index is -0.155. The summed E-state index contributed by atoms with van der Waals surface area (Å²) in [4.78, 5) is 0. The Bertz CT molecular complexity index is 565. The molecular formula is C16H17NO2. The molecule has 1 heterocycles. The molecule has 1 aliphatic heterocycles. The third-order valence-corrected chi connectivity index (χ3v) is 3.36. The van der Waals surface area contributed by atoms with Crippen LogP contribution in [0.15, 0.2) is 48.5 Å². The molecule has 19 heavy (non-hydrogen) atoms. The van der Waals surface area contributed by atoms with Crippen molar-refractivity contribution in [3.8, 4) is 11.5 Å². The topological polar surface area (TPSA) is 44.5 Å². The second-order valence-corrected chi connectivity index (χ2v) is 4.79. The molecule has 0 radical (unpaired) electrons. The molecule has 98 valence electrons. The maximum Gasteiger partial charge on any atom is 0.162 e. The van der Waals surface area contributed by atoms with Crippen LogP contribution in [0.3, 0.4) is 0 Å². The number of benzene rings is 2. The Labute approximate surface area is 113 Å². The lowest BCUT2D eigenvalue weighted by molar-refractivity contribution is 0.0249. The van der Waals surface area contributed by atoms with Gasteiger partial charge in [0.1, 0.15) is 0 Å². The molecule has 2 unspecified atom stereocenters. The molecular weight excluding hydrogens is 238 g/mol. The molecule has 0 fully saturated rings. The van der Waals surface area contributed by atoms with Crippen molar-refractivity contribution in [1.82, 2.24) is 0 Å². The number of para-hydroxylation sites is 2. The molecule has 2 N–H and O–H groups in total. The van der Waals surface area contributed by atoms with Crippen molar-refractivity contribution in [3.63, 3.8) is 0 Å². The number of aryl methyl sites for hydroxylation is 1. The highest BCUT2D eigenvalue weighted by molar-refractivity contribution is 5.42. The van der Waals surface area contributed by atoms with Gasteiger partial charge in [-0.25, -0.2) is 0 Å². The summed E-state index contributed by atoms with van der Waals surface area (Å²) in [5, 5.41) is 0. The first kappa shape index (κ1) is 12.1. The van der Waals surface area contributed by atoms with E-state index in [0.29, 0.717) is 6.54 Å². The molecule has 0 saturated heterocycles. The van der Waals surface area contributed by atoms with Crippen molar-refractivity contribution in [3.05, 3.63) is 59.7 Å². The number of rotatable bonds is 2. The summed E-state index contributed by atoms with van der Waals surface area (Å²) in [5.41, 5.74) is 8.13. The minimum absolute atomic E-state index is 0.152. The van der Waals surface area contributed by atoms with E-state index in [0.717, 1.165) is 17.1 Å². The van der Waals surface area contributed by atoms with Crippen LogP contribution in [0.1, 0.15) is 17.2 Å². The van der Waals surface area contributed by atoms with Crippen molar-refractivity contribution in [2.24, 2.45) is 5.73 Å². The Morgan fingerprint density at radius 2 is 1.58 bits per heavy atom. The smallest absolute Gasteiger partial charge is 0.162 e. The second kappa shape index (κ2) is 4.94. The summed E-state index contributed by atoms with van der Waals surface area (Å²) >= 11 is 0. The van der Waals surface area contributed by atoms with Crippen LogP contribution in [0.5, 0.6) is 11.5 Å². The van der Waals surface area contributed by atoms with Gasteiger partial charge in [0.25, 0.3) is 0 Å². The van der Waals surface area contributed by atoms with Gasteiger partial charge in [-0.1, -0.05) is 42.0 Å². The Kier molecular flexibility index (Phi) is 3.13. The van der Waals surface area contributed by atoms with Gasteiger partial charge in [-0.15, -0.1) is 0 Å². The van der Waals surface area contributed by atoms with E-state index in [9.17, 15) is 0 Å². The van der Waals surface area contributed by atoms with Gasteiger partial charge >= 0.3 is 0 Å². The van der Waals surface area contributed by atoms with E-state index in [1.807, 2.05) is 24.3 Å². The van der Waals surface area contributed by atoms with E-state index in [1.54, 1.807) is 0 Å². The van der Waals surface area contributed by atoms with Gasteiger partial charge in [0.2, 0.25) is 0 Å². The maximum atomic E-state index is 6.06. The van der Waals surface area contributed by atoms with E-state index in [1.165, 1.54) is 5.56 Å². The Hall–Kier alpha value is -2.00. The molecule has 0 spiro atoms. The predicted octanol–water partition coefficient (Wildman–Crippen LogP) is 2.83. The van der Waals surface area contributed by atoms with Crippen LogP contribution in [0.4, 0.5) is 0 Å². The molecule has 2 atom stereocenters. The van der Waals surface area contributed by atoms with Crippen molar-refractivity contribution in [2.45, 2.75) is 19.1 Å². The zero-order chi connectivity index (χ0) is 13.2. The zero-order valence-corrected chi connectivity index (χ0v) is 10.9. The van der Waals surface area contributed by atoms with Gasteiger partial charge in [-0.2, -0.15) is 0 Å². The molecule has 2 aromatic carbocycles. The average Bonchev–Trinajstić information content (AvgIpc) is 2.46. The number of fused-ring (bicyclic) bond motifs is 1. The van der Waals surface area contributed by atoms with Crippen LogP contribution in [-0.2, 0) is 0 Å². The fraction of sp³-hybridized carbons (Fsp3) is 0.250. The van der Waals surface area contributed by atoms with Crippen molar-refractivity contribution in [2.75, 3.05) is 6.54 Å². The first-order valence-electron chi connectivity index (χ1n) is 6.47. The molecule has 0 aliphatic carbocycles. The summed E-state index contributed by atoms with van der Waals surface area (Å²) in [7, 11) is 0. The third kappa shape index (κ3) is 2.29. The SMILES string of the molecule is Cc1ccc(C2Oc3ccccc3OC2CN)cc1. The first-order chi connectivity index (χ1) is 9.28. The van der Waals surface area contributed by atoms with Gasteiger partial charge in [0.15, 0.2) is 23.7 Å². The van der Waals surface area contributed by atoms with Crippen LogP contribution in [0.2, 0.25) is 0 Å². The number of ether oxygens (including phenoxy) is 2. The Morgan fingerprint density at radius 3 is 2.21 bits per heavy atom. The summed E-state index contributed by atoms with van der Waals surface area (Å²) in [6, 6.07) is 16.0. The number of hydrogen-bond donors (Lipinski definition) is 1. The van der Waals surface area contributed by atoms with Crippen molar-refractivity contribution < 1.29 is 9.47 Å². The van der Waals surface area contributed by atoms with Gasteiger partial charge in [0.05, 0.1) is 0 Å². The number of nitrogens with two attached hydrogens (primary N) is 1. The summed E-state index contributed by atoms with van der Waals surface area (Å²) in [6.07, 6.45) is -0.307. The fourth-order valence-corrected chi connectivity index (χ4v) is 2.29. The minimum Gasteiger partial charge on any atom is -0.481 e. The van der Waals surface area contributed by atoms with Crippen molar-refractivity contribution in [1.29, 1.82) is 0 Å². The lowest BCUT2D eigenvalue weighted by Gasteiger charge is -2.33. The zero-order valence-electron chi connectivity index (χ0n) is 10.9. The quantitative estimate of drug-likeness (QED) is 0.897. The van der Waals surface area contributed by atoms with Crippen LogP contribution < -0.4 is 15.2 Å². The molecule has 3 rings (SSSR count). The molecule has 0 bridgehead atoms. The van der Waals surface area contributed by atoms with Crippen LogP contribution in [0.25, 0.3) is 0 Å². The highest BCUT2D eigenvalue weighted by Gasteiger charge is 2.31. The maximum absolute atomic E-state index is 6.06. The lowest BCUT2D eigenvalue weighted by Crippen LogP contribution is -2.38. The molecule has 2 aromatic rings.